The van der Waals surface area contributed by atoms with Crippen LogP contribution >= 0.6 is 11.3 Å². The van der Waals surface area contributed by atoms with E-state index >= 15 is 0 Å². The van der Waals surface area contributed by atoms with Crippen molar-refractivity contribution >= 4 is 32.6 Å². The molecule has 1 amide bonds. The lowest BCUT2D eigenvalue weighted by atomic mass is 10.1. The van der Waals surface area contributed by atoms with Crippen molar-refractivity contribution in [3.63, 3.8) is 0 Å². The van der Waals surface area contributed by atoms with Gasteiger partial charge in [-0.3, -0.25) is 9.69 Å². The Morgan fingerprint density at radius 1 is 1.16 bits per heavy atom. The van der Waals surface area contributed by atoms with Crippen LogP contribution in [0.3, 0.4) is 0 Å². The third-order valence-electron chi connectivity index (χ3n) is 4.92. The predicted molar refractivity (Wildman–Crippen MR) is 104 cm³/mol. The highest BCUT2D eigenvalue weighted by Gasteiger charge is 2.29. The zero-order chi connectivity index (χ0) is 17.2. The Bertz CT molecular complexity index is 881. The molecule has 0 unspecified atom stereocenters. The van der Waals surface area contributed by atoms with E-state index in [4.69, 9.17) is 4.98 Å². The van der Waals surface area contributed by atoms with Gasteiger partial charge in [0.05, 0.1) is 16.8 Å². The second-order valence-electron chi connectivity index (χ2n) is 6.86. The molecule has 0 bridgehead atoms. The largest absolute Gasteiger partial charge is 0.283 e. The predicted octanol–water partition coefficient (Wildman–Crippen LogP) is 5.33. The number of anilines is 1. The Morgan fingerprint density at radius 3 is 2.68 bits per heavy atom. The molecule has 2 aromatic carbocycles. The molecule has 1 aliphatic carbocycles. The van der Waals surface area contributed by atoms with Gasteiger partial charge in [0.2, 0.25) is 5.91 Å². The molecule has 1 aliphatic rings. The Kier molecular flexibility index (Phi) is 4.53. The summed E-state index contributed by atoms with van der Waals surface area (Å²) in [6.45, 7) is 2.68. The van der Waals surface area contributed by atoms with Gasteiger partial charge in [-0.15, -0.1) is 0 Å². The molecular formula is C21H22N2OS. The normalized spacial score (nSPS) is 14.9. The van der Waals surface area contributed by atoms with Crippen LogP contribution in [-0.4, -0.2) is 10.9 Å². The van der Waals surface area contributed by atoms with E-state index in [1.54, 1.807) is 11.3 Å². The summed E-state index contributed by atoms with van der Waals surface area (Å²) in [5.41, 5.74) is 3.34. The van der Waals surface area contributed by atoms with E-state index in [1.807, 2.05) is 29.2 Å². The number of benzene rings is 2. The molecule has 1 saturated carbocycles. The van der Waals surface area contributed by atoms with Crippen LogP contribution in [0.15, 0.2) is 48.5 Å². The van der Waals surface area contributed by atoms with Crippen molar-refractivity contribution in [3.05, 3.63) is 59.7 Å². The fourth-order valence-corrected chi connectivity index (χ4v) is 4.60. The summed E-state index contributed by atoms with van der Waals surface area (Å²) in [4.78, 5) is 19.9. The number of nitrogens with zero attached hydrogens (tertiary/aromatic N) is 2. The molecule has 3 nitrogen and oxygen atoms in total. The van der Waals surface area contributed by atoms with Crippen molar-refractivity contribution in [1.82, 2.24) is 4.98 Å². The molecule has 0 saturated heterocycles. The smallest absolute Gasteiger partial charge is 0.232 e. The lowest BCUT2D eigenvalue weighted by Gasteiger charge is -2.23. The van der Waals surface area contributed by atoms with E-state index in [9.17, 15) is 4.79 Å². The van der Waals surface area contributed by atoms with Crippen molar-refractivity contribution < 1.29 is 4.79 Å². The summed E-state index contributed by atoms with van der Waals surface area (Å²) in [7, 11) is 0. The van der Waals surface area contributed by atoms with Crippen molar-refractivity contribution in [2.45, 2.75) is 39.2 Å². The van der Waals surface area contributed by atoms with Crippen LogP contribution in [0.1, 0.15) is 36.8 Å². The minimum absolute atomic E-state index is 0.150. The highest BCUT2D eigenvalue weighted by Crippen LogP contribution is 2.34. The molecule has 4 heteroatoms. The number of carbonyl (C=O) groups excluding carboxylic acids is 1. The molecule has 128 valence electrons. The third kappa shape index (κ3) is 3.45. The SMILES string of the molecule is Cc1ccc2nc(N(Cc3ccccc3)C(=O)C3CCCC3)sc2c1. The molecule has 3 aromatic rings. The van der Waals surface area contributed by atoms with Gasteiger partial charge in [-0.25, -0.2) is 4.98 Å². The van der Waals surface area contributed by atoms with Crippen LogP contribution in [0, 0.1) is 12.8 Å². The van der Waals surface area contributed by atoms with Crippen molar-refractivity contribution in [1.29, 1.82) is 0 Å². The lowest BCUT2D eigenvalue weighted by Crippen LogP contribution is -2.34. The summed E-state index contributed by atoms with van der Waals surface area (Å²) < 4.78 is 1.15. The first-order valence-corrected chi connectivity index (χ1v) is 9.75. The number of aromatic nitrogens is 1. The third-order valence-corrected chi connectivity index (χ3v) is 5.96. The van der Waals surface area contributed by atoms with Gasteiger partial charge in [0.25, 0.3) is 0 Å². The number of hydrogen-bond donors (Lipinski definition) is 0. The fourth-order valence-electron chi connectivity index (χ4n) is 3.53. The number of thiazole rings is 1. The maximum Gasteiger partial charge on any atom is 0.232 e. The molecule has 0 aliphatic heterocycles. The van der Waals surface area contributed by atoms with Gasteiger partial charge in [-0.1, -0.05) is 60.6 Å². The first-order chi connectivity index (χ1) is 12.2. The number of aryl methyl sites for hydroxylation is 1. The Labute approximate surface area is 152 Å². The number of fused-ring (bicyclic) bond motifs is 1. The van der Waals surface area contributed by atoms with E-state index in [2.05, 4.69) is 31.2 Å². The van der Waals surface area contributed by atoms with E-state index in [0.717, 1.165) is 46.6 Å². The van der Waals surface area contributed by atoms with Gasteiger partial charge in [-0.05, 0) is 43.0 Å². The highest BCUT2D eigenvalue weighted by atomic mass is 32.1. The average molecular weight is 350 g/mol. The minimum atomic E-state index is 0.150. The van der Waals surface area contributed by atoms with Crippen LogP contribution in [-0.2, 0) is 11.3 Å². The highest BCUT2D eigenvalue weighted by molar-refractivity contribution is 7.22. The molecule has 1 fully saturated rings. The molecule has 0 radical (unpaired) electrons. The number of hydrogen-bond acceptors (Lipinski definition) is 3. The average Bonchev–Trinajstić information content (AvgIpc) is 3.29. The summed E-state index contributed by atoms with van der Waals surface area (Å²) >= 11 is 1.62. The topological polar surface area (TPSA) is 33.2 Å². The van der Waals surface area contributed by atoms with E-state index < -0.39 is 0 Å². The summed E-state index contributed by atoms with van der Waals surface area (Å²) in [6.07, 6.45) is 4.34. The number of carbonyl (C=O) groups is 1. The first-order valence-electron chi connectivity index (χ1n) is 8.93. The number of rotatable bonds is 4. The standard InChI is InChI=1S/C21H22N2OS/c1-15-11-12-18-19(13-15)25-21(22-18)23(14-16-7-3-2-4-8-16)20(24)17-9-5-6-10-17/h2-4,7-8,11-13,17H,5-6,9-10,14H2,1H3. The zero-order valence-electron chi connectivity index (χ0n) is 14.4. The summed E-state index contributed by atoms with van der Waals surface area (Å²) in [5.74, 6) is 0.384. The van der Waals surface area contributed by atoms with Crippen molar-refractivity contribution in [3.8, 4) is 0 Å². The van der Waals surface area contributed by atoms with Crippen LogP contribution in [0.4, 0.5) is 5.13 Å². The van der Waals surface area contributed by atoms with Crippen molar-refractivity contribution in [2.24, 2.45) is 5.92 Å². The molecule has 0 spiro atoms. The van der Waals surface area contributed by atoms with Crippen molar-refractivity contribution in [2.75, 3.05) is 4.90 Å². The van der Waals surface area contributed by atoms with Crippen LogP contribution in [0.2, 0.25) is 0 Å². The van der Waals surface area contributed by atoms with Gasteiger partial charge in [0.1, 0.15) is 0 Å². The maximum atomic E-state index is 13.2. The van der Waals surface area contributed by atoms with E-state index in [0.29, 0.717) is 6.54 Å². The minimum Gasteiger partial charge on any atom is -0.283 e. The van der Waals surface area contributed by atoms with Gasteiger partial charge in [0.15, 0.2) is 5.13 Å². The quantitative estimate of drug-likeness (QED) is 0.637. The zero-order valence-corrected chi connectivity index (χ0v) is 15.3. The lowest BCUT2D eigenvalue weighted by molar-refractivity contribution is -0.122. The van der Waals surface area contributed by atoms with Crippen LogP contribution in [0.5, 0.6) is 0 Å². The first kappa shape index (κ1) is 16.3. The van der Waals surface area contributed by atoms with Gasteiger partial charge < -0.3 is 0 Å². The van der Waals surface area contributed by atoms with Gasteiger partial charge in [0, 0.05) is 5.92 Å². The number of amides is 1. The summed E-state index contributed by atoms with van der Waals surface area (Å²) in [6, 6.07) is 16.5. The second-order valence-corrected chi connectivity index (χ2v) is 7.87. The van der Waals surface area contributed by atoms with E-state index in [1.165, 1.54) is 5.56 Å². The fraction of sp³-hybridized carbons (Fsp3) is 0.333. The second kappa shape index (κ2) is 6.96. The Balaban J connectivity index is 1.71. The molecule has 4 rings (SSSR count). The molecule has 25 heavy (non-hydrogen) atoms. The molecule has 0 N–H and O–H groups in total. The molecule has 1 aromatic heterocycles. The Morgan fingerprint density at radius 2 is 1.92 bits per heavy atom. The molecule has 0 atom stereocenters. The van der Waals surface area contributed by atoms with Gasteiger partial charge >= 0.3 is 0 Å². The van der Waals surface area contributed by atoms with Crippen LogP contribution in [0.25, 0.3) is 10.2 Å². The van der Waals surface area contributed by atoms with E-state index in [-0.39, 0.29) is 11.8 Å². The maximum absolute atomic E-state index is 13.2. The summed E-state index contributed by atoms with van der Waals surface area (Å²) in [5, 5.41) is 0.821. The monoisotopic (exact) mass is 350 g/mol. The molecular weight excluding hydrogens is 328 g/mol. The van der Waals surface area contributed by atoms with Gasteiger partial charge in [-0.2, -0.15) is 0 Å². The molecule has 1 heterocycles. The Hall–Kier alpha value is -2.20. The van der Waals surface area contributed by atoms with Crippen LogP contribution < -0.4 is 4.90 Å².